The van der Waals surface area contributed by atoms with E-state index in [2.05, 4.69) is 0 Å². The number of sulfonamides is 1. The van der Waals surface area contributed by atoms with Crippen molar-refractivity contribution in [2.45, 2.75) is 11.8 Å². The van der Waals surface area contributed by atoms with Crippen molar-refractivity contribution in [3.05, 3.63) is 70.4 Å². The fraction of sp³-hybridized carbons (Fsp3) is 0.227. The summed E-state index contributed by atoms with van der Waals surface area (Å²) in [5.41, 5.74) is 2.63. The van der Waals surface area contributed by atoms with Gasteiger partial charge in [-0.2, -0.15) is 4.31 Å². The van der Waals surface area contributed by atoms with Crippen LogP contribution in [0.25, 0.3) is 11.1 Å². The lowest BCUT2D eigenvalue weighted by atomic mass is 10.1. The van der Waals surface area contributed by atoms with Gasteiger partial charge in [0.05, 0.1) is 4.88 Å². The maximum Gasteiger partial charge on any atom is 0.264 e. The summed E-state index contributed by atoms with van der Waals surface area (Å²) < 4.78 is 27.3. The standard InChI is InChI=1S/C22H22N2O4S2/c1-16-7-8-19(25)20(15-16)30(27,28)24-12-10-23(11-13-24)22(26)21-18(9-14-29-21)17-5-3-2-4-6-17/h2-9,14-15,25H,10-13H2,1H3. The summed E-state index contributed by atoms with van der Waals surface area (Å²) >= 11 is 1.40. The van der Waals surface area contributed by atoms with Crippen LogP contribution < -0.4 is 0 Å². The Morgan fingerprint density at radius 2 is 1.70 bits per heavy atom. The number of benzene rings is 2. The minimum atomic E-state index is -3.82. The Bertz CT molecular complexity index is 1160. The molecular weight excluding hydrogens is 420 g/mol. The van der Waals surface area contributed by atoms with Crippen LogP contribution in [-0.4, -0.2) is 54.8 Å². The van der Waals surface area contributed by atoms with Crippen LogP contribution in [0.15, 0.2) is 64.9 Å². The first-order valence-electron chi connectivity index (χ1n) is 9.60. The summed E-state index contributed by atoms with van der Waals surface area (Å²) in [4.78, 5) is 15.4. The maximum atomic E-state index is 13.1. The van der Waals surface area contributed by atoms with Crippen molar-refractivity contribution in [2.24, 2.45) is 0 Å². The quantitative estimate of drug-likeness (QED) is 0.670. The minimum absolute atomic E-state index is 0.0840. The molecule has 0 atom stereocenters. The third kappa shape index (κ3) is 3.86. The number of aromatic hydroxyl groups is 1. The smallest absolute Gasteiger partial charge is 0.264 e. The summed E-state index contributed by atoms with van der Waals surface area (Å²) in [6.45, 7) is 2.76. The number of phenolic OH excluding ortho intramolecular Hbond substituents is 1. The van der Waals surface area contributed by atoms with Crippen LogP contribution >= 0.6 is 11.3 Å². The zero-order valence-corrected chi connectivity index (χ0v) is 18.1. The average Bonchev–Trinajstić information content (AvgIpc) is 3.25. The van der Waals surface area contributed by atoms with Gasteiger partial charge in [0.1, 0.15) is 10.6 Å². The molecule has 1 aliphatic rings. The highest BCUT2D eigenvalue weighted by molar-refractivity contribution is 7.89. The van der Waals surface area contributed by atoms with Gasteiger partial charge in [0, 0.05) is 31.7 Å². The number of rotatable bonds is 4. The second-order valence-electron chi connectivity index (χ2n) is 7.20. The first-order chi connectivity index (χ1) is 14.4. The number of phenols is 1. The van der Waals surface area contributed by atoms with Crippen molar-refractivity contribution in [3.8, 4) is 16.9 Å². The molecule has 1 amide bonds. The number of nitrogens with zero attached hydrogens (tertiary/aromatic N) is 2. The average molecular weight is 443 g/mol. The first-order valence-corrected chi connectivity index (χ1v) is 11.9. The molecule has 1 aliphatic heterocycles. The topological polar surface area (TPSA) is 77.9 Å². The summed E-state index contributed by atoms with van der Waals surface area (Å²) in [7, 11) is -3.82. The van der Waals surface area contributed by atoms with Crippen molar-refractivity contribution < 1.29 is 18.3 Å². The van der Waals surface area contributed by atoms with Gasteiger partial charge >= 0.3 is 0 Å². The summed E-state index contributed by atoms with van der Waals surface area (Å²) in [5.74, 6) is -0.343. The molecule has 4 rings (SSSR count). The van der Waals surface area contributed by atoms with E-state index in [9.17, 15) is 18.3 Å². The largest absolute Gasteiger partial charge is 0.507 e. The zero-order chi connectivity index (χ0) is 21.3. The van der Waals surface area contributed by atoms with Crippen LogP contribution in [0.1, 0.15) is 15.2 Å². The number of carbonyl (C=O) groups is 1. The second kappa shape index (κ2) is 8.22. The van der Waals surface area contributed by atoms with Crippen molar-refractivity contribution in [1.82, 2.24) is 9.21 Å². The van der Waals surface area contributed by atoms with Crippen LogP contribution in [0.4, 0.5) is 0 Å². The van der Waals surface area contributed by atoms with Crippen LogP contribution in [0.5, 0.6) is 5.75 Å². The lowest BCUT2D eigenvalue weighted by Crippen LogP contribution is -2.50. The monoisotopic (exact) mass is 442 g/mol. The van der Waals surface area contributed by atoms with E-state index in [0.717, 1.165) is 16.7 Å². The number of amides is 1. The third-order valence-electron chi connectivity index (χ3n) is 5.20. The van der Waals surface area contributed by atoms with E-state index >= 15 is 0 Å². The highest BCUT2D eigenvalue weighted by Gasteiger charge is 2.33. The van der Waals surface area contributed by atoms with Crippen LogP contribution in [0.3, 0.4) is 0 Å². The van der Waals surface area contributed by atoms with Crippen molar-refractivity contribution in [1.29, 1.82) is 0 Å². The van der Waals surface area contributed by atoms with Crippen molar-refractivity contribution >= 4 is 27.3 Å². The fourth-order valence-corrected chi connectivity index (χ4v) is 6.03. The Labute approximate surface area is 180 Å². The van der Waals surface area contributed by atoms with Crippen LogP contribution in [0.2, 0.25) is 0 Å². The van der Waals surface area contributed by atoms with E-state index in [1.54, 1.807) is 17.9 Å². The molecule has 0 bridgehead atoms. The molecule has 1 aromatic heterocycles. The molecule has 0 radical (unpaired) electrons. The zero-order valence-electron chi connectivity index (χ0n) is 16.5. The third-order valence-corrected chi connectivity index (χ3v) is 8.03. The van der Waals surface area contributed by atoms with Gasteiger partial charge < -0.3 is 10.0 Å². The Balaban J connectivity index is 1.50. The molecule has 1 fully saturated rings. The fourth-order valence-electron chi connectivity index (χ4n) is 3.56. The molecule has 1 saturated heterocycles. The number of hydrogen-bond acceptors (Lipinski definition) is 5. The number of aryl methyl sites for hydroxylation is 1. The predicted octanol–water partition coefficient (Wildman–Crippen LogP) is 3.58. The molecule has 156 valence electrons. The van der Waals surface area contributed by atoms with Crippen molar-refractivity contribution in [3.63, 3.8) is 0 Å². The molecule has 0 saturated carbocycles. The Morgan fingerprint density at radius 3 is 2.40 bits per heavy atom. The van der Waals surface area contributed by atoms with Crippen molar-refractivity contribution in [2.75, 3.05) is 26.2 Å². The molecule has 8 heteroatoms. The number of thiophene rings is 1. The molecule has 0 aliphatic carbocycles. The van der Waals surface area contributed by atoms with E-state index in [1.807, 2.05) is 41.8 Å². The lowest BCUT2D eigenvalue weighted by Gasteiger charge is -2.34. The molecule has 6 nitrogen and oxygen atoms in total. The molecular formula is C22H22N2O4S2. The van der Waals surface area contributed by atoms with E-state index in [0.29, 0.717) is 18.0 Å². The van der Waals surface area contributed by atoms with Gasteiger partial charge in [-0.15, -0.1) is 11.3 Å². The van der Waals surface area contributed by atoms with E-state index in [-0.39, 0.29) is 29.6 Å². The normalized spacial score (nSPS) is 15.3. The Kier molecular flexibility index (Phi) is 5.64. The van der Waals surface area contributed by atoms with E-state index in [1.165, 1.54) is 27.8 Å². The van der Waals surface area contributed by atoms with Gasteiger partial charge in [0.2, 0.25) is 10.0 Å². The van der Waals surface area contributed by atoms with Crippen LogP contribution in [0, 0.1) is 6.92 Å². The summed E-state index contributed by atoms with van der Waals surface area (Å²) in [6, 6.07) is 16.2. The Morgan fingerprint density at radius 1 is 1.00 bits per heavy atom. The van der Waals surface area contributed by atoms with Gasteiger partial charge in [0.15, 0.2) is 0 Å². The maximum absolute atomic E-state index is 13.1. The molecule has 3 aromatic rings. The molecule has 0 unspecified atom stereocenters. The van der Waals surface area contributed by atoms with Gasteiger partial charge in [-0.1, -0.05) is 36.4 Å². The van der Waals surface area contributed by atoms with Gasteiger partial charge in [-0.05, 0) is 41.6 Å². The number of piperazine rings is 1. The highest BCUT2D eigenvalue weighted by atomic mass is 32.2. The van der Waals surface area contributed by atoms with Gasteiger partial charge in [-0.25, -0.2) is 8.42 Å². The lowest BCUT2D eigenvalue weighted by molar-refractivity contribution is 0.0703. The molecule has 2 aromatic carbocycles. The number of carbonyl (C=O) groups excluding carboxylic acids is 1. The van der Waals surface area contributed by atoms with Gasteiger partial charge in [-0.3, -0.25) is 4.79 Å². The molecule has 30 heavy (non-hydrogen) atoms. The first kappa shape index (κ1) is 20.6. The highest BCUT2D eigenvalue weighted by Crippen LogP contribution is 2.31. The summed E-state index contributed by atoms with van der Waals surface area (Å²) in [5, 5.41) is 11.9. The SMILES string of the molecule is Cc1ccc(O)c(S(=O)(=O)N2CCN(C(=O)c3sccc3-c3ccccc3)CC2)c1. The predicted molar refractivity (Wildman–Crippen MR) is 117 cm³/mol. The molecule has 1 N–H and O–H groups in total. The van der Waals surface area contributed by atoms with Crippen LogP contribution in [-0.2, 0) is 10.0 Å². The van der Waals surface area contributed by atoms with E-state index < -0.39 is 10.0 Å². The number of hydrogen-bond donors (Lipinski definition) is 1. The minimum Gasteiger partial charge on any atom is -0.507 e. The molecule has 2 heterocycles. The molecule has 0 spiro atoms. The van der Waals surface area contributed by atoms with E-state index in [4.69, 9.17) is 0 Å². The second-order valence-corrected chi connectivity index (χ2v) is 10.0. The summed E-state index contributed by atoms with van der Waals surface area (Å²) in [6.07, 6.45) is 0. The Hall–Kier alpha value is -2.68. The van der Waals surface area contributed by atoms with Gasteiger partial charge in [0.25, 0.3) is 5.91 Å².